The van der Waals surface area contributed by atoms with Crippen LogP contribution in [-0.4, -0.2) is 32.3 Å². The van der Waals surface area contributed by atoms with Crippen molar-refractivity contribution in [2.24, 2.45) is 0 Å². The molecule has 450 valence electrons. The number of aryl methyl sites for hydroxylation is 4. The fourth-order valence-corrected chi connectivity index (χ4v) is 19.1. The number of hydrogen-bond acceptors (Lipinski definition) is 8. The van der Waals surface area contributed by atoms with Crippen LogP contribution >= 0.6 is 45.3 Å². The minimum atomic E-state index is -0.253. The molecule has 0 amide bonds. The Bertz CT molecular complexity index is 3980. The topological polar surface area (TPSA) is 78.1 Å². The normalized spacial score (nSPS) is 13.4. The van der Waals surface area contributed by atoms with E-state index in [4.69, 9.17) is 0 Å². The molecule has 6 nitrogen and oxygen atoms in total. The smallest absolute Gasteiger partial charge is 0.199 e. The standard InChI is InChI=1S/C76H88N2O4S4/c1-7-11-13-15-17-19-21-23-25-27-29-31-37-51-43-49(5)83-75(51)64-47-61-62(84-64)48-65(85-61)76-52(38-32-30-28-26-24-22-20-18-16-14-12-8-2)44-63(86-76)68-59-46-58-57(50(6)77(9-3)69(58)66-71(79)53-39-33-34-40-54(53)72(66)80)45-60(59)70(78(68)10-4)67-73(81)55-41-35-36-42-56(55)74(67)82/h33-36,39-48H,7-32,37-38H2,1-6H3. The zero-order chi connectivity index (χ0) is 59.8. The van der Waals surface area contributed by atoms with Gasteiger partial charge in [-0.25, -0.2) is 0 Å². The van der Waals surface area contributed by atoms with E-state index in [1.54, 1.807) is 24.3 Å². The van der Waals surface area contributed by atoms with Gasteiger partial charge in [0.25, 0.3) is 0 Å². The lowest BCUT2D eigenvalue weighted by atomic mass is 10.0. The first-order valence-electron chi connectivity index (χ1n) is 33.1. The zero-order valence-corrected chi connectivity index (χ0v) is 55.3. The van der Waals surface area contributed by atoms with Gasteiger partial charge in [0.1, 0.15) is 0 Å². The minimum Gasteiger partial charge on any atom is -0.344 e. The molecule has 3 aromatic carbocycles. The Morgan fingerprint density at radius 3 is 1.16 bits per heavy atom. The molecule has 86 heavy (non-hydrogen) atoms. The predicted molar refractivity (Wildman–Crippen MR) is 369 cm³/mol. The number of rotatable bonds is 31. The van der Waals surface area contributed by atoms with Crippen molar-refractivity contribution in [3.05, 3.63) is 140 Å². The quantitative estimate of drug-likeness (QED) is 0.0406. The van der Waals surface area contributed by atoms with Gasteiger partial charge in [-0.2, -0.15) is 0 Å². The molecule has 0 N–H and O–H groups in total. The van der Waals surface area contributed by atoms with Crippen molar-refractivity contribution < 1.29 is 19.2 Å². The maximum atomic E-state index is 14.8. The van der Waals surface area contributed by atoms with Crippen molar-refractivity contribution in [1.82, 2.24) is 9.13 Å². The number of thiophene rings is 4. The highest BCUT2D eigenvalue weighted by Gasteiger charge is 2.38. The van der Waals surface area contributed by atoms with E-state index in [0.717, 1.165) is 57.1 Å². The van der Waals surface area contributed by atoms with Gasteiger partial charge >= 0.3 is 0 Å². The molecule has 6 heterocycles. The lowest BCUT2D eigenvalue weighted by Gasteiger charge is -2.07. The van der Waals surface area contributed by atoms with Crippen LogP contribution in [0.3, 0.4) is 0 Å². The van der Waals surface area contributed by atoms with Crippen LogP contribution in [0.1, 0.15) is 245 Å². The molecule has 0 saturated carbocycles. The molecule has 0 spiro atoms. The first-order chi connectivity index (χ1) is 42.1. The average Bonchev–Trinajstić information content (AvgIpc) is 1.64. The molecule has 0 atom stereocenters. The van der Waals surface area contributed by atoms with Crippen molar-refractivity contribution in [1.29, 1.82) is 0 Å². The van der Waals surface area contributed by atoms with Gasteiger partial charge in [-0.05, 0) is 101 Å². The van der Waals surface area contributed by atoms with Crippen molar-refractivity contribution in [2.75, 3.05) is 0 Å². The highest BCUT2D eigenvalue weighted by Crippen LogP contribution is 2.49. The maximum absolute atomic E-state index is 14.8. The molecule has 9 aromatic rings. The molecule has 6 aromatic heterocycles. The van der Waals surface area contributed by atoms with Crippen LogP contribution in [-0.2, 0) is 25.9 Å². The second-order valence-electron chi connectivity index (χ2n) is 24.6. The van der Waals surface area contributed by atoms with Crippen LogP contribution in [0, 0.1) is 13.8 Å². The Labute approximate surface area is 526 Å². The number of unbranched alkanes of at least 4 members (excludes halogenated alkanes) is 22. The summed E-state index contributed by atoms with van der Waals surface area (Å²) in [6, 6.07) is 28.5. The molecular formula is C76H88N2O4S4. The highest BCUT2D eigenvalue weighted by atomic mass is 32.1. The van der Waals surface area contributed by atoms with Crippen molar-refractivity contribution in [2.45, 2.75) is 222 Å². The number of fused-ring (bicyclic) bond motifs is 5. The summed E-state index contributed by atoms with van der Waals surface area (Å²) in [6.07, 6.45) is 34.0. The zero-order valence-electron chi connectivity index (χ0n) is 52.0. The Hall–Kier alpha value is -5.78. The number of carbonyl (C=O) groups excluding carboxylic acids is 4. The van der Waals surface area contributed by atoms with E-state index >= 15 is 0 Å². The third kappa shape index (κ3) is 12.6. The van der Waals surface area contributed by atoms with E-state index in [1.807, 2.05) is 76.5 Å². The van der Waals surface area contributed by atoms with Crippen molar-refractivity contribution >= 4 is 111 Å². The second-order valence-corrected chi connectivity index (χ2v) is 29.1. The first-order valence-corrected chi connectivity index (χ1v) is 36.4. The molecular weight excluding hydrogens is 1130 g/mol. The molecule has 0 fully saturated rings. The predicted octanol–water partition coefficient (Wildman–Crippen LogP) is 21.6. The van der Waals surface area contributed by atoms with Crippen LogP contribution in [0.2, 0.25) is 0 Å². The molecule has 0 bridgehead atoms. The number of nitrogens with zero attached hydrogens (tertiary/aromatic N) is 2. The summed E-state index contributed by atoms with van der Waals surface area (Å²) in [5, 5.41) is 4.69. The van der Waals surface area contributed by atoms with Crippen LogP contribution in [0.5, 0.6) is 0 Å². The second kappa shape index (κ2) is 28.6. The fourth-order valence-electron chi connectivity index (χ4n) is 14.1. The molecule has 2 aliphatic rings. The van der Waals surface area contributed by atoms with Gasteiger partial charge in [0.05, 0.1) is 32.4 Å². The molecule has 0 aliphatic heterocycles. The molecule has 0 unspecified atom stereocenters. The van der Waals surface area contributed by atoms with E-state index in [9.17, 15) is 19.2 Å². The molecule has 10 heteroatoms. The summed E-state index contributed by atoms with van der Waals surface area (Å²) >= 11 is 7.62. The van der Waals surface area contributed by atoms with Gasteiger partial charge < -0.3 is 9.13 Å². The average molecular weight is 1220 g/mol. The van der Waals surface area contributed by atoms with E-state index < -0.39 is 0 Å². The third-order valence-corrected chi connectivity index (χ3v) is 23.5. The van der Waals surface area contributed by atoms with Crippen LogP contribution < -0.4 is 10.7 Å². The number of benzene rings is 3. The summed E-state index contributed by atoms with van der Waals surface area (Å²) in [5.41, 5.74) is 6.85. The van der Waals surface area contributed by atoms with Crippen molar-refractivity contribution in [3.8, 4) is 30.1 Å². The van der Waals surface area contributed by atoms with E-state index in [-0.39, 0.29) is 34.3 Å². The van der Waals surface area contributed by atoms with Crippen LogP contribution in [0.4, 0.5) is 0 Å². The van der Waals surface area contributed by atoms with E-state index in [0.29, 0.717) is 46.0 Å². The lowest BCUT2D eigenvalue weighted by molar-refractivity contribution is 0.101. The summed E-state index contributed by atoms with van der Waals surface area (Å²) in [4.78, 5) is 66.3. The van der Waals surface area contributed by atoms with Gasteiger partial charge in [0.15, 0.2) is 23.1 Å². The summed E-state index contributed by atoms with van der Waals surface area (Å²) in [7, 11) is 0. The fraction of sp³-hybridized carbons (Fsp3) is 0.447. The van der Waals surface area contributed by atoms with Gasteiger partial charge in [-0.1, -0.05) is 204 Å². The highest BCUT2D eigenvalue weighted by molar-refractivity contribution is 7.33. The number of Topliss-reactive ketones (excluding diaryl/α,β-unsaturated/α-hetero) is 4. The summed E-state index contributed by atoms with van der Waals surface area (Å²) in [6.45, 7) is 14.1. The Morgan fingerprint density at radius 2 is 0.733 bits per heavy atom. The first kappa shape index (κ1) is 61.9. The summed E-state index contributed by atoms with van der Waals surface area (Å²) in [5.74, 6) is -1.01. The third-order valence-electron chi connectivity index (χ3n) is 18.6. The van der Waals surface area contributed by atoms with E-state index in [1.165, 1.54) is 193 Å². The molecule has 0 saturated heterocycles. The molecule has 2 aliphatic carbocycles. The largest absolute Gasteiger partial charge is 0.344 e. The maximum Gasteiger partial charge on any atom is 0.199 e. The van der Waals surface area contributed by atoms with Crippen LogP contribution in [0.15, 0.2) is 84.9 Å². The molecule has 11 rings (SSSR count). The molecule has 0 radical (unpaired) electrons. The number of ketones is 4. The number of carbonyl (C=O) groups is 4. The van der Waals surface area contributed by atoms with Gasteiger partial charge in [0, 0.05) is 96.4 Å². The Kier molecular flexibility index (Phi) is 20.6. The van der Waals surface area contributed by atoms with Crippen LogP contribution in [0.25, 0.3) is 72.2 Å². The van der Waals surface area contributed by atoms with Gasteiger partial charge in [-0.15, -0.1) is 45.3 Å². The number of aromatic nitrogens is 2. The summed E-state index contributed by atoms with van der Waals surface area (Å²) < 4.78 is 6.98. The SMILES string of the molecule is CCCCCCCCCCCCCCc1cc(C)sc1-c1cc2sc(-c3sc(-c4c5cc6c(=C7C(=O)c8ccccc8C7=O)n(CC)c(C)c6cc5c(=C5C(=O)c6ccccc6C5=O)n4CC)cc3CCCCCCCCCCCCCC)cc2s1. The van der Waals surface area contributed by atoms with E-state index in [2.05, 4.69) is 80.2 Å². The lowest BCUT2D eigenvalue weighted by Crippen LogP contribution is -2.24. The minimum absolute atomic E-state index is 0.196. The van der Waals surface area contributed by atoms with Gasteiger partial charge in [-0.3, -0.25) is 19.2 Å². The Morgan fingerprint density at radius 1 is 0.360 bits per heavy atom. The van der Waals surface area contributed by atoms with Gasteiger partial charge in [0.2, 0.25) is 0 Å². The monoisotopic (exact) mass is 1220 g/mol. The Balaban J connectivity index is 0.964. The van der Waals surface area contributed by atoms with Crippen molar-refractivity contribution in [3.63, 3.8) is 0 Å². The number of hydrogen-bond donors (Lipinski definition) is 0.